The SMILES string of the molecule is CN(CC(=O)N[C@H](c1ccc(F)cc1)C1CCC1)S(C)(=O)=O. The van der Waals surface area contributed by atoms with E-state index in [1.54, 1.807) is 12.1 Å². The highest BCUT2D eigenvalue weighted by Crippen LogP contribution is 2.37. The molecule has 1 aromatic rings. The van der Waals surface area contributed by atoms with Crippen LogP contribution < -0.4 is 5.32 Å². The van der Waals surface area contributed by atoms with Crippen molar-refractivity contribution >= 4 is 15.9 Å². The van der Waals surface area contributed by atoms with Crippen molar-refractivity contribution in [3.05, 3.63) is 35.6 Å². The zero-order chi connectivity index (χ0) is 16.3. The third kappa shape index (κ3) is 4.27. The third-order valence-electron chi connectivity index (χ3n) is 4.10. The molecule has 0 saturated heterocycles. The van der Waals surface area contributed by atoms with Gasteiger partial charge in [-0.3, -0.25) is 4.79 Å². The highest BCUT2D eigenvalue weighted by molar-refractivity contribution is 7.88. The number of halogens is 1. The molecule has 1 saturated carbocycles. The monoisotopic (exact) mass is 328 g/mol. The molecule has 7 heteroatoms. The summed E-state index contributed by atoms with van der Waals surface area (Å²) in [4.78, 5) is 12.1. The van der Waals surface area contributed by atoms with Crippen LogP contribution in [0.1, 0.15) is 30.9 Å². The number of carbonyl (C=O) groups excluding carboxylic acids is 1. The number of nitrogens with one attached hydrogen (secondary N) is 1. The normalized spacial score (nSPS) is 17.1. The van der Waals surface area contributed by atoms with Crippen molar-refractivity contribution in [2.24, 2.45) is 5.92 Å². The lowest BCUT2D eigenvalue weighted by molar-refractivity contribution is -0.122. The minimum absolute atomic E-state index is 0.199. The van der Waals surface area contributed by atoms with Gasteiger partial charge >= 0.3 is 0 Å². The van der Waals surface area contributed by atoms with Crippen LogP contribution >= 0.6 is 0 Å². The maximum atomic E-state index is 13.1. The van der Waals surface area contributed by atoms with Crippen LogP contribution in [0.3, 0.4) is 0 Å². The number of hydrogen-bond donors (Lipinski definition) is 1. The first-order valence-electron chi connectivity index (χ1n) is 7.23. The molecule has 5 nitrogen and oxygen atoms in total. The number of carbonyl (C=O) groups is 1. The summed E-state index contributed by atoms with van der Waals surface area (Å²) in [6, 6.07) is 5.87. The number of hydrogen-bond acceptors (Lipinski definition) is 3. The van der Waals surface area contributed by atoms with Gasteiger partial charge in [0.15, 0.2) is 0 Å². The van der Waals surface area contributed by atoms with Crippen LogP contribution in [-0.4, -0.2) is 38.5 Å². The number of rotatable bonds is 6. The maximum absolute atomic E-state index is 13.1. The van der Waals surface area contributed by atoms with Crippen LogP contribution in [0.2, 0.25) is 0 Å². The van der Waals surface area contributed by atoms with Gasteiger partial charge in [-0.2, -0.15) is 4.31 Å². The molecule has 1 atom stereocenters. The third-order valence-corrected chi connectivity index (χ3v) is 5.36. The summed E-state index contributed by atoms with van der Waals surface area (Å²) in [6.07, 6.45) is 4.18. The Bertz CT molecular complexity index is 627. The van der Waals surface area contributed by atoms with Gasteiger partial charge in [0.1, 0.15) is 5.82 Å². The molecule has 1 aromatic carbocycles. The van der Waals surface area contributed by atoms with Crippen LogP contribution in [0.4, 0.5) is 4.39 Å². The molecule has 0 bridgehead atoms. The Morgan fingerprint density at radius 1 is 1.36 bits per heavy atom. The molecule has 0 heterocycles. The average molecular weight is 328 g/mol. The molecule has 0 aliphatic heterocycles. The van der Waals surface area contributed by atoms with Crippen molar-refractivity contribution in [1.29, 1.82) is 0 Å². The van der Waals surface area contributed by atoms with Crippen molar-refractivity contribution in [2.75, 3.05) is 19.8 Å². The molecular formula is C15H21FN2O3S. The topological polar surface area (TPSA) is 66.5 Å². The Balaban J connectivity index is 2.07. The summed E-state index contributed by atoms with van der Waals surface area (Å²) in [7, 11) is -2.03. The second kappa shape index (κ2) is 6.75. The number of amides is 1. The predicted molar refractivity (Wildman–Crippen MR) is 82.1 cm³/mol. The summed E-state index contributed by atoms with van der Waals surface area (Å²) in [6.45, 7) is -0.219. The number of likely N-dealkylation sites (N-methyl/N-ethyl adjacent to an activating group) is 1. The fourth-order valence-corrected chi connectivity index (χ4v) is 2.81. The second-order valence-corrected chi connectivity index (χ2v) is 7.90. The lowest BCUT2D eigenvalue weighted by Crippen LogP contribution is -2.42. The van der Waals surface area contributed by atoms with Crippen molar-refractivity contribution in [2.45, 2.75) is 25.3 Å². The number of benzene rings is 1. The standard InChI is InChI=1S/C15H21FN2O3S/c1-18(22(2,20)21)10-14(19)17-15(11-4-3-5-11)12-6-8-13(16)9-7-12/h6-9,11,15H,3-5,10H2,1-2H3,(H,17,19)/t15-/m0/s1. The molecule has 1 amide bonds. The molecule has 22 heavy (non-hydrogen) atoms. The Morgan fingerprint density at radius 2 is 1.95 bits per heavy atom. The summed E-state index contributed by atoms with van der Waals surface area (Å²) in [5.41, 5.74) is 0.849. The summed E-state index contributed by atoms with van der Waals surface area (Å²) < 4.78 is 36.8. The van der Waals surface area contributed by atoms with E-state index < -0.39 is 10.0 Å². The van der Waals surface area contributed by atoms with Gasteiger partial charge in [-0.05, 0) is 36.5 Å². The van der Waals surface area contributed by atoms with Crippen LogP contribution in [0.5, 0.6) is 0 Å². The summed E-state index contributed by atoms with van der Waals surface area (Å²) in [5, 5.41) is 2.89. The maximum Gasteiger partial charge on any atom is 0.235 e. The lowest BCUT2D eigenvalue weighted by atomic mass is 9.77. The smallest absolute Gasteiger partial charge is 0.235 e. The second-order valence-electron chi connectivity index (χ2n) is 5.81. The van der Waals surface area contributed by atoms with Crippen molar-refractivity contribution in [3.8, 4) is 0 Å². The van der Waals surface area contributed by atoms with E-state index in [-0.39, 0.29) is 24.3 Å². The molecule has 1 N–H and O–H groups in total. The lowest BCUT2D eigenvalue weighted by Gasteiger charge is -2.35. The first-order chi connectivity index (χ1) is 10.3. The molecule has 1 aliphatic carbocycles. The zero-order valence-corrected chi connectivity index (χ0v) is 13.6. The van der Waals surface area contributed by atoms with E-state index in [0.29, 0.717) is 5.92 Å². The van der Waals surface area contributed by atoms with Crippen molar-refractivity contribution in [1.82, 2.24) is 9.62 Å². The Hall–Kier alpha value is -1.47. The first-order valence-corrected chi connectivity index (χ1v) is 9.08. The molecule has 122 valence electrons. The molecule has 0 aromatic heterocycles. The van der Waals surface area contributed by atoms with Crippen LogP contribution in [0.15, 0.2) is 24.3 Å². The van der Waals surface area contributed by atoms with E-state index in [9.17, 15) is 17.6 Å². The average Bonchev–Trinajstić information content (AvgIpc) is 2.35. The summed E-state index contributed by atoms with van der Waals surface area (Å²) in [5.74, 6) is -0.355. The van der Waals surface area contributed by atoms with Crippen LogP contribution in [0, 0.1) is 11.7 Å². The zero-order valence-electron chi connectivity index (χ0n) is 12.8. The van der Waals surface area contributed by atoms with E-state index in [4.69, 9.17) is 0 Å². The Morgan fingerprint density at radius 3 is 2.41 bits per heavy atom. The van der Waals surface area contributed by atoms with Gasteiger partial charge in [0, 0.05) is 7.05 Å². The van der Waals surface area contributed by atoms with Gasteiger partial charge in [-0.25, -0.2) is 12.8 Å². The fourth-order valence-electron chi connectivity index (χ4n) is 2.46. The van der Waals surface area contributed by atoms with Gasteiger partial charge in [-0.1, -0.05) is 18.6 Å². The largest absolute Gasteiger partial charge is 0.348 e. The van der Waals surface area contributed by atoms with Crippen LogP contribution in [-0.2, 0) is 14.8 Å². The van der Waals surface area contributed by atoms with Gasteiger partial charge in [-0.15, -0.1) is 0 Å². The molecule has 2 rings (SSSR count). The van der Waals surface area contributed by atoms with Gasteiger partial charge in [0.2, 0.25) is 15.9 Å². The van der Waals surface area contributed by atoms with Crippen molar-refractivity contribution < 1.29 is 17.6 Å². The molecule has 0 unspecified atom stereocenters. The highest BCUT2D eigenvalue weighted by atomic mass is 32.2. The van der Waals surface area contributed by atoms with E-state index in [1.807, 2.05) is 0 Å². The van der Waals surface area contributed by atoms with Crippen LogP contribution in [0.25, 0.3) is 0 Å². The van der Waals surface area contributed by atoms with E-state index in [0.717, 1.165) is 35.4 Å². The van der Waals surface area contributed by atoms with Crippen molar-refractivity contribution in [3.63, 3.8) is 0 Å². The molecular weight excluding hydrogens is 307 g/mol. The quantitative estimate of drug-likeness (QED) is 0.864. The van der Waals surface area contributed by atoms with E-state index >= 15 is 0 Å². The molecule has 0 radical (unpaired) electrons. The molecule has 1 aliphatic rings. The van der Waals surface area contributed by atoms with Gasteiger partial charge in [0.05, 0.1) is 18.8 Å². The number of sulfonamides is 1. The van der Waals surface area contributed by atoms with Gasteiger partial charge < -0.3 is 5.32 Å². The summed E-state index contributed by atoms with van der Waals surface area (Å²) >= 11 is 0. The predicted octanol–water partition coefficient (Wildman–Crippen LogP) is 1.67. The highest BCUT2D eigenvalue weighted by Gasteiger charge is 2.30. The number of nitrogens with zero attached hydrogens (tertiary/aromatic N) is 1. The molecule has 0 spiro atoms. The van der Waals surface area contributed by atoms with Gasteiger partial charge in [0.25, 0.3) is 0 Å². The minimum atomic E-state index is -3.39. The Kier molecular flexibility index (Phi) is 5.18. The fraction of sp³-hybridized carbons (Fsp3) is 0.533. The van der Waals surface area contributed by atoms with E-state index in [1.165, 1.54) is 19.2 Å². The minimum Gasteiger partial charge on any atom is -0.348 e. The molecule has 1 fully saturated rings. The first kappa shape index (κ1) is 16.9. The van der Waals surface area contributed by atoms with E-state index in [2.05, 4.69) is 5.32 Å². The Labute approximate surface area is 130 Å².